The van der Waals surface area contributed by atoms with E-state index in [4.69, 9.17) is 5.73 Å². The largest absolute Gasteiger partial charge is 0.399 e. The van der Waals surface area contributed by atoms with Crippen LogP contribution in [-0.2, 0) is 6.42 Å². The molecule has 0 saturated heterocycles. The van der Waals surface area contributed by atoms with Gasteiger partial charge < -0.3 is 10.7 Å². The zero-order chi connectivity index (χ0) is 12.5. The summed E-state index contributed by atoms with van der Waals surface area (Å²) in [6.07, 6.45) is 4.67. The summed E-state index contributed by atoms with van der Waals surface area (Å²) in [5, 5.41) is 1.21. The lowest BCUT2D eigenvalue weighted by Crippen LogP contribution is -1.87. The second-order valence-electron chi connectivity index (χ2n) is 4.38. The molecule has 0 aliphatic rings. The number of nitrogens with zero attached hydrogens (tertiary/aromatic N) is 1. The van der Waals surface area contributed by atoms with E-state index >= 15 is 0 Å². The Morgan fingerprint density at radius 2 is 1.94 bits per heavy atom. The molecular formula is C15H15N3. The number of H-pyrrole nitrogens is 1. The van der Waals surface area contributed by atoms with E-state index in [1.807, 2.05) is 24.5 Å². The summed E-state index contributed by atoms with van der Waals surface area (Å²) in [7, 11) is 0. The Balaban J connectivity index is 2.29. The molecule has 0 amide bonds. The number of aromatic amines is 1. The Hall–Kier alpha value is -2.29. The van der Waals surface area contributed by atoms with Crippen molar-refractivity contribution < 1.29 is 0 Å². The van der Waals surface area contributed by atoms with E-state index in [-0.39, 0.29) is 0 Å². The predicted octanol–water partition coefficient (Wildman–Crippen LogP) is 3.37. The number of fused-ring (bicyclic) bond motifs is 1. The van der Waals surface area contributed by atoms with Crippen molar-refractivity contribution in [3.8, 4) is 11.1 Å². The van der Waals surface area contributed by atoms with Crippen LogP contribution in [-0.4, -0.2) is 9.97 Å². The maximum absolute atomic E-state index is 5.75. The molecule has 3 aromatic rings. The van der Waals surface area contributed by atoms with E-state index in [1.54, 1.807) is 0 Å². The van der Waals surface area contributed by atoms with Gasteiger partial charge in [0.1, 0.15) is 0 Å². The lowest BCUT2D eigenvalue weighted by Gasteiger charge is -2.04. The van der Waals surface area contributed by atoms with Crippen molar-refractivity contribution in [3.63, 3.8) is 0 Å². The fraction of sp³-hybridized carbons (Fsp3) is 0.133. The van der Waals surface area contributed by atoms with Gasteiger partial charge in [-0.25, -0.2) is 0 Å². The average molecular weight is 237 g/mol. The molecule has 2 aromatic heterocycles. The van der Waals surface area contributed by atoms with Crippen LogP contribution in [0.3, 0.4) is 0 Å². The van der Waals surface area contributed by atoms with Crippen LogP contribution in [0.4, 0.5) is 5.69 Å². The summed E-state index contributed by atoms with van der Waals surface area (Å²) in [5.41, 5.74) is 11.3. The summed E-state index contributed by atoms with van der Waals surface area (Å²) in [4.78, 5) is 7.59. The van der Waals surface area contributed by atoms with Gasteiger partial charge in [0.05, 0.1) is 11.7 Å². The van der Waals surface area contributed by atoms with E-state index < -0.39 is 0 Å². The third-order valence-electron chi connectivity index (χ3n) is 3.23. The van der Waals surface area contributed by atoms with Gasteiger partial charge in [-0.2, -0.15) is 0 Å². The molecule has 18 heavy (non-hydrogen) atoms. The van der Waals surface area contributed by atoms with Crippen molar-refractivity contribution in [3.05, 3.63) is 48.4 Å². The third-order valence-corrected chi connectivity index (χ3v) is 3.23. The van der Waals surface area contributed by atoms with Gasteiger partial charge in [-0.1, -0.05) is 19.1 Å². The second kappa shape index (κ2) is 4.18. The molecule has 0 aliphatic heterocycles. The Bertz CT molecular complexity index is 681. The van der Waals surface area contributed by atoms with Gasteiger partial charge in [0.15, 0.2) is 0 Å². The number of benzene rings is 1. The molecule has 1 aromatic carbocycles. The zero-order valence-corrected chi connectivity index (χ0v) is 10.3. The first-order chi connectivity index (χ1) is 8.79. The van der Waals surface area contributed by atoms with Gasteiger partial charge in [0.2, 0.25) is 0 Å². The number of anilines is 1. The van der Waals surface area contributed by atoms with Crippen LogP contribution in [0.2, 0.25) is 0 Å². The maximum atomic E-state index is 5.75. The number of hydrogen-bond donors (Lipinski definition) is 2. The zero-order valence-electron chi connectivity index (χ0n) is 10.3. The van der Waals surface area contributed by atoms with Crippen molar-refractivity contribution in [2.24, 2.45) is 0 Å². The van der Waals surface area contributed by atoms with E-state index in [1.165, 1.54) is 22.2 Å². The quantitative estimate of drug-likeness (QED) is 0.671. The molecule has 0 saturated carbocycles. The number of rotatable bonds is 2. The van der Waals surface area contributed by atoms with Crippen LogP contribution in [0, 0.1) is 0 Å². The van der Waals surface area contributed by atoms with Gasteiger partial charge in [-0.05, 0) is 30.2 Å². The molecule has 3 N–H and O–H groups in total. The van der Waals surface area contributed by atoms with Crippen LogP contribution in [0.5, 0.6) is 0 Å². The second-order valence-corrected chi connectivity index (χ2v) is 4.38. The Kier molecular flexibility index (Phi) is 2.52. The van der Waals surface area contributed by atoms with Gasteiger partial charge in [0, 0.05) is 28.5 Å². The molecule has 0 fully saturated rings. The Labute approximate surface area is 106 Å². The fourth-order valence-corrected chi connectivity index (χ4v) is 2.34. The smallest absolute Gasteiger partial charge is 0.0649 e. The third kappa shape index (κ3) is 1.64. The summed E-state index contributed by atoms with van der Waals surface area (Å²) in [6.45, 7) is 2.15. The average Bonchev–Trinajstić information content (AvgIpc) is 2.78. The summed E-state index contributed by atoms with van der Waals surface area (Å²) < 4.78 is 0. The highest BCUT2D eigenvalue weighted by Gasteiger charge is 2.11. The van der Waals surface area contributed by atoms with Crippen LogP contribution in [0.15, 0.2) is 42.7 Å². The monoisotopic (exact) mass is 237 g/mol. The van der Waals surface area contributed by atoms with E-state index in [2.05, 4.69) is 35.1 Å². The highest BCUT2D eigenvalue weighted by molar-refractivity contribution is 5.97. The molecule has 3 rings (SSSR count). The van der Waals surface area contributed by atoms with E-state index in [9.17, 15) is 0 Å². The van der Waals surface area contributed by atoms with Gasteiger partial charge in [-0.15, -0.1) is 0 Å². The summed E-state index contributed by atoms with van der Waals surface area (Å²) in [5.74, 6) is 0. The number of hydrogen-bond acceptors (Lipinski definition) is 2. The minimum atomic E-state index is 0.790. The molecule has 3 heteroatoms. The summed E-state index contributed by atoms with van der Waals surface area (Å²) in [6, 6.07) is 10.1. The molecular weight excluding hydrogens is 222 g/mol. The number of nitrogens with two attached hydrogens (primary N) is 1. The van der Waals surface area contributed by atoms with Crippen LogP contribution < -0.4 is 5.73 Å². The Morgan fingerprint density at radius 1 is 1.17 bits per heavy atom. The van der Waals surface area contributed by atoms with Gasteiger partial charge >= 0.3 is 0 Å². The van der Waals surface area contributed by atoms with E-state index in [0.29, 0.717) is 0 Å². The molecule has 0 spiro atoms. The SMILES string of the molecule is CCc1[nH]c2cnccc2c1-c1ccc(N)cc1. The number of aryl methyl sites for hydroxylation is 1. The lowest BCUT2D eigenvalue weighted by atomic mass is 10.0. The van der Waals surface area contributed by atoms with Gasteiger partial charge in [-0.3, -0.25) is 4.98 Å². The predicted molar refractivity (Wildman–Crippen MR) is 75.3 cm³/mol. The number of nitrogen functional groups attached to an aromatic ring is 1. The Morgan fingerprint density at radius 3 is 2.67 bits per heavy atom. The number of pyridine rings is 1. The highest BCUT2D eigenvalue weighted by atomic mass is 14.8. The highest BCUT2D eigenvalue weighted by Crippen LogP contribution is 2.32. The molecule has 90 valence electrons. The molecule has 0 unspecified atom stereocenters. The first-order valence-corrected chi connectivity index (χ1v) is 6.10. The lowest BCUT2D eigenvalue weighted by molar-refractivity contribution is 1.08. The van der Waals surface area contributed by atoms with Gasteiger partial charge in [0.25, 0.3) is 0 Å². The molecule has 0 aliphatic carbocycles. The normalized spacial score (nSPS) is 10.9. The van der Waals surface area contributed by atoms with Crippen LogP contribution >= 0.6 is 0 Å². The number of nitrogens with one attached hydrogen (secondary N) is 1. The van der Waals surface area contributed by atoms with Crippen molar-refractivity contribution in [1.82, 2.24) is 9.97 Å². The first kappa shape index (κ1) is 10.8. The fourth-order valence-electron chi connectivity index (χ4n) is 2.34. The van der Waals surface area contributed by atoms with Crippen molar-refractivity contribution in [1.29, 1.82) is 0 Å². The number of aromatic nitrogens is 2. The molecule has 2 heterocycles. The minimum absolute atomic E-state index is 0.790. The van der Waals surface area contributed by atoms with Crippen molar-refractivity contribution >= 4 is 16.6 Å². The molecule has 0 atom stereocenters. The minimum Gasteiger partial charge on any atom is -0.399 e. The van der Waals surface area contributed by atoms with Crippen LogP contribution in [0.25, 0.3) is 22.0 Å². The van der Waals surface area contributed by atoms with Crippen molar-refractivity contribution in [2.45, 2.75) is 13.3 Å². The van der Waals surface area contributed by atoms with E-state index in [0.717, 1.165) is 17.6 Å². The first-order valence-electron chi connectivity index (χ1n) is 6.10. The van der Waals surface area contributed by atoms with Crippen molar-refractivity contribution in [2.75, 3.05) is 5.73 Å². The molecule has 0 bridgehead atoms. The van der Waals surface area contributed by atoms with Crippen LogP contribution in [0.1, 0.15) is 12.6 Å². The molecule has 0 radical (unpaired) electrons. The standard InChI is InChI=1S/C15H15N3/c1-2-13-15(10-3-5-11(16)6-4-10)12-7-8-17-9-14(12)18-13/h3-9,18H,2,16H2,1H3. The summed E-state index contributed by atoms with van der Waals surface area (Å²) >= 11 is 0. The maximum Gasteiger partial charge on any atom is 0.0649 e. The molecule has 3 nitrogen and oxygen atoms in total. The topological polar surface area (TPSA) is 54.7 Å².